The molecular weight excluding hydrogens is 440 g/mol. The summed E-state index contributed by atoms with van der Waals surface area (Å²) in [5.74, 6) is 0.577. The molecule has 200 valence electrons. The molecule has 0 bridgehead atoms. The summed E-state index contributed by atoms with van der Waals surface area (Å²) >= 11 is 0. The van der Waals surface area contributed by atoms with Gasteiger partial charge in [0, 0.05) is 5.92 Å². The van der Waals surface area contributed by atoms with Gasteiger partial charge >= 0.3 is 0 Å². The molecule has 6 fully saturated rings. The zero-order valence-electron chi connectivity index (χ0n) is 23.1. The first-order valence-corrected chi connectivity index (χ1v) is 14.4. The molecule has 1 heterocycles. The second-order valence-electron chi connectivity index (χ2n) is 15.9. The van der Waals surface area contributed by atoms with Crippen LogP contribution in [0.1, 0.15) is 106 Å². The lowest BCUT2D eigenvalue weighted by molar-refractivity contribution is -0.213. The van der Waals surface area contributed by atoms with Crippen LogP contribution in [0, 0.1) is 44.8 Å². The summed E-state index contributed by atoms with van der Waals surface area (Å²) in [4.78, 5) is 0. The monoisotopic (exact) mass is 490 g/mol. The molecule has 0 radical (unpaired) electrons. The molecule has 6 rings (SSSR count). The third kappa shape index (κ3) is 2.78. The normalized spacial score (nSPS) is 60.9. The highest BCUT2D eigenvalue weighted by molar-refractivity contribution is 5.33. The first-order valence-electron chi connectivity index (χ1n) is 14.4. The topological polar surface area (TPSA) is 90.2 Å². The summed E-state index contributed by atoms with van der Waals surface area (Å²) in [6.07, 6.45) is 7.18. The molecule has 35 heavy (non-hydrogen) atoms. The van der Waals surface area contributed by atoms with Crippen molar-refractivity contribution in [3.8, 4) is 0 Å². The van der Waals surface area contributed by atoms with E-state index in [1.165, 1.54) is 6.42 Å². The van der Waals surface area contributed by atoms with Crippen molar-refractivity contribution in [2.75, 3.05) is 0 Å². The fourth-order valence-corrected chi connectivity index (χ4v) is 12.1. The zero-order valence-corrected chi connectivity index (χ0v) is 23.1. The second kappa shape index (κ2) is 6.86. The van der Waals surface area contributed by atoms with Crippen LogP contribution >= 0.6 is 0 Å². The number of hydrogen-bond acceptors (Lipinski definition) is 5. The predicted molar refractivity (Wildman–Crippen MR) is 134 cm³/mol. The smallest absolute Gasteiger partial charge is 0.0865 e. The van der Waals surface area contributed by atoms with Crippen molar-refractivity contribution >= 4 is 0 Å². The van der Waals surface area contributed by atoms with Crippen LogP contribution in [0.5, 0.6) is 0 Å². The van der Waals surface area contributed by atoms with E-state index in [2.05, 4.69) is 34.6 Å². The van der Waals surface area contributed by atoms with Gasteiger partial charge in [-0.15, -0.1) is 0 Å². The summed E-state index contributed by atoms with van der Waals surface area (Å²) in [6.45, 7) is 15.0. The Kier molecular flexibility index (Phi) is 4.92. The predicted octanol–water partition coefficient (Wildman–Crippen LogP) is 4.44. The van der Waals surface area contributed by atoms with Gasteiger partial charge in [-0.1, -0.05) is 27.7 Å². The van der Waals surface area contributed by atoms with Crippen molar-refractivity contribution in [3.63, 3.8) is 0 Å². The third-order valence-electron chi connectivity index (χ3n) is 13.8. The van der Waals surface area contributed by atoms with Crippen molar-refractivity contribution in [1.82, 2.24) is 0 Å². The molecule has 0 amide bonds. The van der Waals surface area contributed by atoms with Crippen molar-refractivity contribution in [1.29, 1.82) is 0 Å². The lowest BCUT2D eigenvalue weighted by atomic mass is 9.41. The molecule has 5 nitrogen and oxygen atoms in total. The summed E-state index contributed by atoms with van der Waals surface area (Å²) in [7, 11) is 0. The molecule has 5 aliphatic carbocycles. The molecule has 12 atom stereocenters. The Morgan fingerprint density at radius 2 is 1.46 bits per heavy atom. The van der Waals surface area contributed by atoms with Gasteiger partial charge in [-0.2, -0.15) is 0 Å². The molecular formula is C30H50O5. The summed E-state index contributed by atoms with van der Waals surface area (Å²) in [6, 6.07) is 0. The largest absolute Gasteiger partial charge is 0.393 e. The van der Waals surface area contributed by atoms with Crippen molar-refractivity contribution in [2.24, 2.45) is 44.8 Å². The zero-order chi connectivity index (χ0) is 25.6. The molecule has 4 N–H and O–H groups in total. The minimum absolute atomic E-state index is 0.0267. The van der Waals surface area contributed by atoms with E-state index in [-0.39, 0.29) is 51.1 Å². The molecule has 2 spiro atoms. The maximum atomic E-state index is 11.7. The number of rotatable bonds is 2. The van der Waals surface area contributed by atoms with E-state index in [0.717, 1.165) is 51.4 Å². The van der Waals surface area contributed by atoms with Gasteiger partial charge in [-0.05, 0) is 117 Å². The van der Waals surface area contributed by atoms with Crippen LogP contribution in [0.3, 0.4) is 0 Å². The van der Waals surface area contributed by atoms with Crippen molar-refractivity contribution in [3.05, 3.63) is 0 Å². The van der Waals surface area contributed by atoms with E-state index in [4.69, 9.17) is 4.74 Å². The van der Waals surface area contributed by atoms with E-state index in [9.17, 15) is 20.4 Å². The standard InChI is InChI=1S/C30H50O5/c1-24(2)20(33)8-11-30-16-29(30)13-12-26(5)23(28(7)10-9-21(35-28)25(3,4)34)18(32)15-27(26,6)19(29)14-17(31)22(24)30/h17-23,31-34H,8-16H2,1-7H3/t17-,18-,19-,20-,21+,22-,23+,26+,27+,28-,29-,30+/m0/s1. The number of hydrogen-bond donors (Lipinski definition) is 4. The molecule has 5 heteroatoms. The van der Waals surface area contributed by atoms with Gasteiger partial charge in [0.15, 0.2) is 0 Å². The quantitative estimate of drug-likeness (QED) is 0.460. The maximum Gasteiger partial charge on any atom is 0.0865 e. The highest BCUT2D eigenvalue weighted by atomic mass is 16.5. The Balaban J connectivity index is 1.37. The molecule has 1 saturated heterocycles. The Morgan fingerprint density at radius 3 is 2.09 bits per heavy atom. The van der Waals surface area contributed by atoms with Crippen LogP contribution < -0.4 is 0 Å². The molecule has 6 aliphatic rings. The average molecular weight is 491 g/mol. The Hall–Kier alpha value is -0.200. The van der Waals surface area contributed by atoms with Gasteiger partial charge in [-0.3, -0.25) is 0 Å². The fraction of sp³-hybridized carbons (Fsp3) is 1.00. The summed E-state index contributed by atoms with van der Waals surface area (Å²) in [5.41, 5.74) is -1.35. The van der Waals surface area contributed by atoms with Crippen LogP contribution in [0.2, 0.25) is 0 Å². The van der Waals surface area contributed by atoms with Crippen LogP contribution in [-0.2, 0) is 4.74 Å². The molecule has 5 saturated carbocycles. The number of aliphatic hydroxyl groups is 4. The fourth-order valence-electron chi connectivity index (χ4n) is 12.1. The second-order valence-corrected chi connectivity index (χ2v) is 15.9. The summed E-state index contributed by atoms with van der Waals surface area (Å²) in [5, 5.41) is 45.0. The SMILES string of the molecule is CC(C)(O)[C@H]1CC[C@@](C)([C@@H]2[C@@H](O)C[C@]3(C)[C@@H]4C[C@H](O)[C@H]5C(C)(C)[C@@H](O)CC[C@@]56C[C@@]46CC[C@]23C)O1. The van der Waals surface area contributed by atoms with Gasteiger partial charge in [0.25, 0.3) is 0 Å². The first-order chi connectivity index (χ1) is 16.0. The third-order valence-corrected chi connectivity index (χ3v) is 13.8. The molecule has 0 aromatic carbocycles. The highest BCUT2D eigenvalue weighted by Crippen LogP contribution is 2.89. The van der Waals surface area contributed by atoms with Gasteiger partial charge in [0.05, 0.1) is 35.6 Å². The van der Waals surface area contributed by atoms with E-state index in [0.29, 0.717) is 5.92 Å². The number of aliphatic hydroxyl groups excluding tert-OH is 3. The lowest BCUT2D eigenvalue weighted by Gasteiger charge is -2.64. The molecule has 0 aromatic heterocycles. The van der Waals surface area contributed by atoms with Crippen molar-refractivity contribution in [2.45, 2.75) is 142 Å². The number of ether oxygens (including phenoxy) is 1. The van der Waals surface area contributed by atoms with E-state index in [1.807, 2.05) is 13.8 Å². The molecule has 0 unspecified atom stereocenters. The van der Waals surface area contributed by atoms with Gasteiger partial charge in [-0.25, -0.2) is 0 Å². The van der Waals surface area contributed by atoms with E-state index >= 15 is 0 Å². The van der Waals surface area contributed by atoms with Crippen LogP contribution in [0.4, 0.5) is 0 Å². The van der Waals surface area contributed by atoms with E-state index in [1.54, 1.807) is 0 Å². The molecule has 1 aliphatic heterocycles. The van der Waals surface area contributed by atoms with Crippen LogP contribution in [-0.4, -0.2) is 56.0 Å². The van der Waals surface area contributed by atoms with Crippen LogP contribution in [0.25, 0.3) is 0 Å². The Morgan fingerprint density at radius 1 is 0.771 bits per heavy atom. The van der Waals surface area contributed by atoms with Gasteiger partial charge in [0.1, 0.15) is 0 Å². The van der Waals surface area contributed by atoms with E-state index < -0.39 is 23.4 Å². The minimum Gasteiger partial charge on any atom is -0.393 e. The Labute approximate surface area is 212 Å². The van der Waals surface area contributed by atoms with Crippen LogP contribution in [0.15, 0.2) is 0 Å². The van der Waals surface area contributed by atoms with Crippen molar-refractivity contribution < 1.29 is 25.2 Å². The van der Waals surface area contributed by atoms with Gasteiger partial charge in [0.2, 0.25) is 0 Å². The number of fused-ring (bicyclic) bond motifs is 2. The average Bonchev–Trinajstić information content (AvgIpc) is 3.08. The summed E-state index contributed by atoms with van der Waals surface area (Å²) < 4.78 is 6.66. The lowest BCUT2D eigenvalue weighted by Crippen LogP contribution is -2.62. The first kappa shape index (κ1) is 25.1. The van der Waals surface area contributed by atoms with Gasteiger partial charge < -0.3 is 25.2 Å². The maximum absolute atomic E-state index is 11.7. The highest BCUT2D eigenvalue weighted by Gasteiger charge is 2.84. The minimum atomic E-state index is -0.886. The Bertz CT molecular complexity index is 911. The molecule has 0 aromatic rings.